The highest BCUT2D eigenvalue weighted by molar-refractivity contribution is 9.10. The van der Waals surface area contributed by atoms with Crippen LogP contribution in [0.3, 0.4) is 0 Å². The van der Waals surface area contributed by atoms with Crippen molar-refractivity contribution in [1.29, 1.82) is 0 Å². The maximum absolute atomic E-state index is 13.8. The number of hydrazone groups is 1. The first-order valence-electron chi connectivity index (χ1n) is 5.72. The van der Waals surface area contributed by atoms with E-state index in [1.807, 2.05) is 13.8 Å². The minimum Gasteiger partial charge on any atom is -0.271 e. The summed E-state index contributed by atoms with van der Waals surface area (Å²) in [5.41, 5.74) is 0.771. The largest absolute Gasteiger partial charge is 0.271 e. The lowest BCUT2D eigenvalue weighted by atomic mass is 9.98. The molecular weight excluding hydrogens is 299 g/mol. The predicted molar refractivity (Wildman–Crippen MR) is 72.3 cm³/mol. The Labute approximate surface area is 114 Å². The van der Waals surface area contributed by atoms with Crippen molar-refractivity contribution in [2.24, 2.45) is 5.10 Å². The van der Waals surface area contributed by atoms with Crippen molar-refractivity contribution in [3.05, 3.63) is 35.6 Å². The van der Waals surface area contributed by atoms with Gasteiger partial charge in [-0.25, -0.2) is 9.40 Å². The molecule has 2 rings (SSSR count). The number of alkyl halides is 1. The van der Waals surface area contributed by atoms with Gasteiger partial charge in [-0.15, -0.1) is 0 Å². The smallest absolute Gasteiger partial charge is 0.265 e. The molecule has 0 saturated carbocycles. The second-order valence-corrected chi connectivity index (χ2v) is 6.26. The van der Waals surface area contributed by atoms with Crippen LogP contribution in [0.1, 0.15) is 26.3 Å². The summed E-state index contributed by atoms with van der Waals surface area (Å²) in [5, 5.41) is 5.65. The van der Waals surface area contributed by atoms with Gasteiger partial charge in [0.15, 0.2) is 0 Å². The summed E-state index contributed by atoms with van der Waals surface area (Å²) in [5.74, 6) is -0.545. The van der Waals surface area contributed by atoms with Gasteiger partial charge in [-0.2, -0.15) is 5.10 Å². The normalized spacial score (nSPS) is 23.8. The molecule has 1 unspecified atom stereocenters. The molecule has 0 aliphatic carbocycles. The first-order valence-corrected chi connectivity index (χ1v) is 6.51. The number of nitrogens with zero attached hydrogens (tertiary/aromatic N) is 2. The molecule has 0 bridgehead atoms. The van der Waals surface area contributed by atoms with Crippen LogP contribution in [-0.2, 0) is 4.79 Å². The Hall–Kier alpha value is -1.23. The van der Waals surface area contributed by atoms with Crippen molar-refractivity contribution in [2.75, 3.05) is 0 Å². The average molecular weight is 313 g/mol. The summed E-state index contributed by atoms with van der Waals surface area (Å²) in [4.78, 5) is 12.2. The summed E-state index contributed by atoms with van der Waals surface area (Å²) in [7, 11) is 0. The monoisotopic (exact) mass is 312 g/mol. The van der Waals surface area contributed by atoms with E-state index in [9.17, 15) is 9.18 Å². The number of amides is 1. The minimum atomic E-state index is -0.973. The zero-order valence-electron chi connectivity index (χ0n) is 10.4. The van der Waals surface area contributed by atoms with Crippen LogP contribution >= 0.6 is 15.9 Å². The zero-order chi connectivity index (χ0) is 13.5. The second-order valence-electron chi connectivity index (χ2n) is 4.67. The van der Waals surface area contributed by atoms with E-state index >= 15 is 0 Å². The average Bonchev–Trinajstić information content (AvgIpc) is 2.52. The lowest BCUT2D eigenvalue weighted by Crippen LogP contribution is -2.40. The van der Waals surface area contributed by atoms with E-state index in [0.29, 0.717) is 11.3 Å². The molecule has 1 aliphatic heterocycles. The quantitative estimate of drug-likeness (QED) is 0.773. The molecule has 3 nitrogen and oxygen atoms in total. The molecule has 0 saturated heterocycles. The Morgan fingerprint density at radius 2 is 2.00 bits per heavy atom. The second kappa shape index (κ2) is 4.46. The molecule has 1 atom stereocenters. The van der Waals surface area contributed by atoms with Gasteiger partial charge in [0.1, 0.15) is 10.1 Å². The first kappa shape index (κ1) is 13.2. The third-order valence-corrected chi connectivity index (χ3v) is 3.60. The van der Waals surface area contributed by atoms with Crippen molar-refractivity contribution in [3.8, 4) is 0 Å². The van der Waals surface area contributed by atoms with Crippen molar-refractivity contribution in [2.45, 2.75) is 31.1 Å². The summed E-state index contributed by atoms with van der Waals surface area (Å²) in [6, 6.07) is 6.28. The molecule has 1 amide bonds. The Balaban J connectivity index is 2.53. The topological polar surface area (TPSA) is 32.7 Å². The maximum Gasteiger partial charge on any atom is 0.265 e. The Kier molecular flexibility index (Phi) is 3.27. The van der Waals surface area contributed by atoms with Gasteiger partial charge in [-0.1, -0.05) is 34.1 Å². The van der Waals surface area contributed by atoms with Crippen LogP contribution in [0.4, 0.5) is 4.39 Å². The molecule has 0 aromatic heterocycles. The third-order valence-electron chi connectivity index (χ3n) is 2.88. The van der Waals surface area contributed by atoms with Gasteiger partial charge in [-0.3, -0.25) is 4.79 Å². The molecule has 0 N–H and O–H groups in total. The van der Waals surface area contributed by atoms with Gasteiger partial charge in [0.05, 0.1) is 11.8 Å². The number of carbonyl (C=O) groups is 1. The molecule has 1 heterocycles. The number of benzene rings is 1. The Morgan fingerprint density at radius 3 is 2.50 bits per heavy atom. The van der Waals surface area contributed by atoms with Gasteiger partial charge < -0.3 is 0 Å². The van der Waals surface area contributed by atoms with Crippen molar-refractivity contribution in [3.63, 3.8) is 0 Å². The summed E-state index contributed by atoms with van der Waals surface area (Å²) < 4.78 is 12.8. The SMILES string of the molecule is CC(C)N1N=C(c2ccccc2F)C(C)(Br)C1=O. The van der Waals surface area contributed by atoms with Gasteiger partial charge >= 0.3 is 0 Å². The highest BCUT2D eigenvalue weighted by Gasteiger charge is 2.47. The molecule has 0 fully saturated rings. The summed E-state index contributed by atoms with van der Waals surface area (Å²) in [6.45, 7) is 5.44. The van der Waals surface area contributed by atoms with Crippen molar-refractivity contribution < 1.29 is 9.18 Å². The van der Waals surface area contributed by atoms with E-state index in [2.05, 4.69) is 21.0 Å². The van der Waals surface area contributed by atoms with Crippen LogP contribution in [0, 0.1) is 5.82 Å². The van der Waals surface area contributed by atoms with E-state index in [1.165, 1.54) is 11.1 Å². The lowest BCUT2D eigenvalue weighted by Gasteiger charge is -2.20. The van der Waals surface area contributed by atoms with Crippen LogP contribution in [0.5, 0.6) is 0 Å². The fraction of sp³-hybridized carbons (Fsp3) is 0.385. The van der Waals surface area contributed by atoms with Gasteiger partial charge in [-0.05, 0) is 26.8 Å². The lowest BCUT2D eigenvalue weighted by molar-refractivity contribution is -0.131. The third kappa shape index (κ3) is 1.96. The van der Waals surface area contributed by atoms with Crippen LogP contribution < -0.4 is 0 Å². The van der Waals surface area contributed by atoms with Gasteiger partial charge in [0.25, 0.3) is 5.91 Å². The maximum atomic E-state index is 13.8. The number of hydrogen-bond acceptors (Lipinski definition) is 2. The van der Waals surface area contributed by atoms with Crippen LogP contribution in [-0.4, -0.2) is 27.0 Å². The van der Waals surface area contributed by atoms with E-state index in [4.69, 9.17) is 0 Å². The van der Waals surface area contributed by atoms with E-state index in [-0.39, 0.29) is 17.8 Å². The van der Waals surface area contributed by atoms with E-state index in [1.54, 1.807) is 25.1 Å². The fourth-order valence-electron chi connectivity index (χ4n) is 1.87. The molecule has 18 heavy (non-hydrogen) atoms. The predicted octanol–water partition coefficient (Wildman–Crippen LogP) is 2.93. The van der Waals surface area contributed by atoms with Crippen molar-refractivity contribution >= 4 is 27.5 Å². The highest BCUT2D eigenvalue weighted by atomic mass is 79.9. The van der Waals surface area contributed by atoms with E-state index in [0.717, 1.165) is 0 Å². The molecular formula is C13H14BrFN2O. The minimum absolute atomic E-state index is 0.0568. The fourth-order valence-corrected chi connectivity index (χ4v) is 2.35. The molecule has 1 aromatic rings. The zero-order valence-corrected chi connectivity index (χ0v) is 12.0. The Bertz CT molecular complexity index is 525. The van der Waals surface area contributed by atoms with Crippen LogP contribution in [0.25, 0.3) is 0 Å². The van der Waals surface area contributed by atoms with Crippen LogP contribution in [0.2, 0.25) is 0 Å². The molecule has 96 valence electrons. The number of rotatable bonds is 2. The number of hydrogen-bond donors (Lipinski definition) is 0. The number of halogens is 2. The molecule has 0 spiro atoms. The number of carbonyl (C=O) groups excluding carboxylic acids is 1. The highest BCUT2D eigenvalue weighted by Crippen LogP contribution is 2.33. The molecule has 1 aromatic carbocycles. The molecule has 1 aliphatic rings. The standard InChI is InChI=1S/C13H14BrFN2O/c1-8(2)17-12(18)13(3,14)11(16-17)9-6-4-5-7-10(9)15/h4-8H,1-3H3. The Morgan fingerprint density at radius 1 is 1.39 bits per heavy atom. The molecule has 5 heteroatoms. The summed E-state index contributed by atoms with van der Waals surface area (Å²) >= 11 is 3.37. The van der Waals surface area contributed by atoms with Gasteiger partial charge in [0, 0.05) is 5.56 Å². The summed E-state index contributed by atoms with van der Waals surface area (Å²) in [6.07, 6.45) is 0. The molecule has 0 radical (unpaired) electrons. The first-order chi connectivity index (χ1) is 8.35. The van der Waals surface area contributed by atoms with Gasteiger partial charge in [0.2, 0.25) is 0 Å². The van der Waals surface area contributed by atoms with E-state index < -0.39 is 4.32 Å². The van der Waals surface area contributed by atoms with Crippen molar-refractivity contribution in [1.82, 2.24) is 5.01 Å². The van der Waals surface area contributed by atoms with Crippen LogP contribution in [0.15, 0.2) is 29.4 Å².